The Morgan fingerprint density at radius 3 is 2.25 bits per heavy atom. The van der Waals surface area contributed by atoms with Crippen LogP contribution in [0.3, 0.4) is 0 Å². The second-order valence-corrected chi connectivity index (χ2v) is 8.44. The summed E-state index contributed by atoms with van der Waals surface area (Å²) in [5.74, 6) is 0.0806. The number of hydrogen-bond donors (Lipinski definition) is 0. The number of benzene rings is 2. The van der Waals surface area contributed by atoms with E-state index in [9.17, 15) is 18.0 Å². The van der Waals surface area contributed by atoms with E-state index in [-0.39, 0.29) is 34.1 Å². The number of rotatable bonds is 3. The summed E-state index contributed by atoms with van der Waals surface area (Å²) in [4.78, 5) is 16.5. The van der Waals surface area contributed by atoms with Gasteiger partial charge in [-0.1, -0.05) is 45.0 Å². The van der Waals surface area contributed by atoms with Crippen LogP contribution in [-0.2, 0) is 21.1 Å². The van der Waals surface area contributed by atoms with Crippen LogP contribution in [0.15, 0.2) is 75.8 Å². The Hall–Kier alpha value is -3.61. The lowest BCUT2D eigenvalue weighted by Gasteiger charge is -2.18. The minimum atomic E-state index is -4.45. The molecule has 0 spiro atoms. The van der Waals surface area contributed by atoms with E-state index < -0.39 is 17.7 Å². The summed E-state index contributed by atoms with van der Waals surface area (Å²) in [7, 11) is 0. The lowest BCUT2D eigenvalue weighted by atomic mass is 9.87. The van der Waals surface area contributed by atoms with Crippen molar-refractivity contribution in [3.63, 3.8) is 0 Å². The number of carbonyl (C=O) groups excluding carboxylic acids is 1. The van der Waals surface area contributed by atoms with Gasteiger partial charge in [-0.15, -0.1) is 0 Å². The molecule has 3 aromatic rings. The third-order valence-corrected chi connectivity index (χ3v) is 5.00. The average molecular weight is 439 g/mol. The predicted octanol–water partition coefficient (Wildman–Crippen LogP) is 6.61. The quantitative estimate of drug-likeness (QED) is 0.341. The van der Waals surface area contributed by atoms with Gasteiger partial charge in [0.05, 0.1) is 5.56 Å². The van der Waals surface area contributed by atoms with Crippen LogP contribution in [0.4, 0.5) is 13.2 Å². The van der Waals surface area contributed by atoms with Crippen LogP contribution in [-0.4, -0.2) is 11.9 Å². The summed E-state index contributed by atoms with van der Waals surface area (Å²) < 4.78 is 49.8. The maximum absolute atomic E-state index is 13.0. The van der Waals surface area contributed by atoms with Crippen molar-refractivity contribution in [1.29, 1.82) is 0 Å². The zero-order valence-electron chi connectivity index (χ0n) is 17.7. The lowest BCUT2D eigenvalue weighted by molar-refractivity contribution is -0.137. The zero-order chi connectivity index (χ0) is 23.1. The van der Waals surface area contributed by atoms with Crippen molar-refractivity contribution >= 4 is 17.9 Å². The number of furan rings is 1. The van der Waals surface area contributed by atoms with Crippen LogP contribution in [0.1, 0.15) is 43.2 Å². The largest absolute Gasteiger partial charge is 0.457 e. The maximum atomic E-state index is 13.0. The van der Waals surface area contributed by atoms with E-state index in [1.165, 1.54) is 24.3 Å². The van der Waals surface area contributed by atoms with E-state index in [4.69, 9.17) is 9.15 Å². The smallest absolute Gasteiger partial charge is 0.416 e. The van der Waals surface area contributed by atoms with Crippen LogP contribution >= 0.6 is 0 Å². The first-order valence-electron chi connectivity index (χ1n) is 9.92. The molecule has 0 fully saturated rings. The van der Waals surface area contributed by atoms with Crippen molar-refractivity contribution < 1.29 is 27.1 Å². The molecule has 0 bridgehead atoms. The van der Waals surface area contributed by atoms with Crippen molar-refractivity contribution in [3.05, 3.63) is 88.8 Å². The highest BCUT2D eigenvalue weighted by Gasteiger charge is 2.30. The molecule has 1 aliphatic rings. The fourth-order valence-corrected chi connectivity index (χ4v) is 3.21. The molecule has 2 aromatic carbocycles. The molecule has 1 aliphatic heterocycles. The third-order valence-electron chi connectivity index (χ3n) is 5.00. The summed E-state index contributed by atoms with van der Waals surface area (Å²) in [6.45, 7) is 6.31. The Balaban J connectivity index is 1.58. The molecule has 0 saturated carbocycles. The molecule has 0 saturated heterocycles. The summed E-state index contributed by atoms with van der Waals surface area (Å²) in [5, 5.41) is 0. The van der Waals surface area contributed by atoms with E-state index in [1.54, 1.807) is 6.07 Å². The standard InChI is InChI=1S/C25H20F3NO3/c1-24(2,3)17-9-7-15(8-10-17)22-29-20(23(30)32-22)14-19-11-12-21(31-19)16-5-4-6-18(13-16)25(26,27)28/h4-14H,1-3H3. The number of alkyl halides is 3. The molecule has 0 aliphatic carbocycles. The topological polar surface area (TPSA) is 51.8 Å². The zero-order valence-corrected chi connectivity index (χ0v) is 17.7. The van der Waals surface area contributed by atoms with Crippen LogP contribution in [0.2, 0.25) is 0 Å². The molecule has 1 aromatic heterocycles. The Bertz CT molecular complexity index is 1230. The summed E-state index contributed by atoms with van der Waals surface area (Å²) >= 11 is 0. The number of hydrogen-bond acceptors (Lipinski definition) is 4. The van der Waals surface area contributed by atoms with Crippen molar-refractivity contribution in [1.82, 2.24) is 0 Å². The fraction of sp³-hybridized carbons (Fsp3) is 0.200. The number of esters is 1. The van der Waals surface area contributed by atoms with Crippen LogP contribution in [0.25, 0.3) is 17.4 Å². The predicted molar refractivity (Wildman–Crippen MR) is 115 cm³/mol. The van der Waals surface area contributed by atoms with E-state index in [2.05, 4.69) is 25.8 Å². The molecule has 4 rings (SSSR count). The maximum Gasteiger partial charge on any atom is 0.416 e. The number of carbonyl (C=O) groups is 1. The number of aliphatic imine (C=N–C) groups is 1. The van der Waals surface area contributed by atoms with Gasteiger partial charge < -0.3 is 9.15 Å². The normalized spacial score (nSPS) is 15.8. The number of ether oxygens (including phenoxy) is 1. The summed E-state index contributed by atoms with van der Waals surface area (Å²) in [5.41, 5.74) is 1.36. The Labute approximate surface area is 183 Å². The first kappa shape index (κ1) is 21.6. The second kappa shape index (κ2) is 7.82. The first-order chi connectivity index (χ1) is 15.0. The lowest BCUT2D eigenvalue weighted by Crippen LogP contribution is -2.11. The molecule has 0 N–H and O–H groups in total. The van der Waals surface area contributed by atoms with E-state index in [0.29, 0.717) is 5.56 Å². The third kappa shape index (κ3) is 4.51. The number of cyclic esters (lactones) is 1. The van der Waals surface area contributed by atoms with Gasteiger partial charge in [0.2, 0.25) is 5.90 Å². The fourth-order valence-electron chi connectivity index (χ4n) is 3.21. The van der Waals surface area contributed by atoms with Crippen molar-refractivity contribution in [2.24, 2.45) is 4.99 Å². The van der Waals surface area contributed by atoms with Gasteiger partial charge in [-0.25, -0.2) is 9.79 Å². The Morgan fingerprint density at radius 1 is 0.875 bits per heavy atom. The number of nitrogens with zero attached hydrogens (tertiary/aromatic N) is 1. The van der Waals surface area contributed by atoms with E-state index in [1.807, 2.05) is 24.3 Å². The van der Waals surface area contributed by atoms with Crippen LogP contribution in [0, 0.1) is 0 Å². The Kier molecular flexibility index (Phi) is 5.28. The Morgan fingerprint density at radius 2 is 1.59 bits per heavy atom. The van der Waals surface area contributed by atoms with E-state index >= 15 is 0 Å². The monoisotopic (exact) mass is 439 g/mol. The molecule has 32 heavy (non-hydrogen) atoms. The van der Waals surface area contributed by atoms with Gasteiger partial charge in [-0.3, -0.25) is 0 Å². The molecular formula is C25H20F3NO3. The van der Waals surface area contributed by atoms with Crippen molar-refractivity contribution in [3.8, 4) is 11.3 Å². The van der Waals surface area contributed by atoms with Crippen LogP contribution < -0.4 is 0 Å². The van der Waals surface area contributed by atoms with Crippen molar-refractivity contribution in [2.45, 2.75) is 32.4 Å². The SMILES string of the molecule is CC(C)(C)c1ccc(C2=NC(=Cc3ccc(-c4cccc(C(F)(F)F)c4)o3)C(=O)O2)cc1. The van der Waals surface area contributed by atoms with Gasteiger partial charge in [0.1, 0.15) is 11.5 Å². The molecule has 0 unspecified atom stereocenters. The van der Waals surface area contributed by atoms with Gasteiger partial charge in [0.15, 0.2) is 5.70 Å². The molecular weight excluding hydrogens is 419 g/mol. The minimum absolute atomic E-state index is 0.00559. The highest BCUT2D eigenvalue weighted by Crippen LogP contribution is 2.33. The molecule has 0 radical (unpaired) electrons. The molecule has 164 valence electrons. The second-order valence-electron chi connectivity index (χ2n) is 8.44. The van der Waals surface area contributed by atoms with Gasteiger partial charge in [0, 0.05) is 17.2 Å². The van der Waals surface area contributed by atoms with E-state index in [0.717, 1.165) is 17.7 Å². The van der Waals surface area contributed by atoms with Crippen LogP contribution in [0.5, 0.6) is 0 Å². The highest BCUT2D eigenvalue weighted by atomic mass is 19.4. The van der Waals surface area contributed by atoms with Gasteiger partial charge in [-0.2, -0.15) is 13.2 Å². The van der Waals surface area contributed by atoms with Gasteiger partial charge >= 0.3 is 12.1 Å². The molecule has 4 nitrogen and oxygen atoms in total. The molecule has 2 heterocycles. The number of halogens is 3. The van der Waals surface area contributed by atoms with Gasteiger partial charge in [-0.05, 0) is 47.4 Å². The summed E-state index contributed by atoms with van der Waals surface area (Å²) in [6.07, 6.45) is -3.05. The highest BCUT2D eigenvalue weighted by molar-refractivity contribution is 6.12. The minimum Gasteiger partial charge on any atom is -0.457 e. The molecule has 0 atom stereocenters. The first-order valence-corrected chi connectivity index (χ1v) is 9.92. The van der Waals surface area contributed by atoms with Gasteiger partial charge in [0.25, 0.3) is 0 Å². The molecule has 0 amide bonds. The summed E-state index contributed by atoms with van der Waals surface area (Å²) in [6, 6.07) is 15.5. The average Bonchev–Trinajstić information content (AvgIpc) is 3.34. The molecule has 7 heteroatoms. The van der Waals surface area contributed by atoms with Crippen molar-refractivity contribution in [2.75, 3.05) is 0 Å².